The van der Waals surface area contributed by atoms with Gasteiger partial charge in [0.05, 0.1) is 0 Å². The van der Waals surface area contributed by atoms with Gasteiger partial charge in [0.15, 0.2) is 0 Å². The van der Waals surface area contributed by atoms with Gasteiger partial charge in [-0.2, -0.15) is 0 Å². The zero-order valence-corrected chi connectivity index (χ0v) is 10.3. The molecule has 83 valence electrons. The van der Waals surface area contributed by atoms with E-state index in [4.69, 9.17) is 0 Å². The lowest BCUT2D eigenvalue weighted by Crippen LogP contribution is -1.99. The SMILES string of the molecule is Cc1ccc(CC2=CC(C)[CH]C=C2)cc1C. The third-order valence-electron chi connectivity index (χ3n) is 3.18. The van der Waals surface area contributed by atoms with E-state index in [1.807, 2.05) is 0 Å². The summed E-state index contributed by atoms with van der Waals surface area (Å²) in [5, 5.41) is 0. The van der Waals surface area contributed by atoms with Crippen LogP contribution >= 0.6 is 0 Å². The van der Waals surface area contributed by atoms with Crippen LogP contribution in [0, 0.1) is 26.2 Å². The van der Waals surface area contributed by atoms with Crippen LogP contribution in [-0.4, -0.2) is 0 Å². The molecule has 0 nitrogen and oxygen atoms in total. The zero-order chi connectivity index (χ0) is 11.5. The topological polar surface area (TPSA) is 0 Å². The van der Waals surface area contributed by atoms with Gasteiger partial charge in [-0.3, -0.25) is 0 Å². The van der Waals surface area contributed by atoms with Crippen LogP contribution in [-0.2, 0) is 6.42 Å². The molecule has 1 atom stereocenters. The number of allylic oxidation sites excluding steroid dienone is 4. The van der Waals surface area contributed by atoms with Crippen LogP contribution in [0.25, 0.3) is 0 Å². The minimum absolute atomic E-state index is 0.576. The molecule has 0 fully saturated rings. The normalized spacial score (nSPS) is 19.7. The van der Waals surface area contributed by atoms with Crippen LogP contribution in [0.15, 0.2) is 42.0 Å². The van der Waals surface area contributed by atoms with Crippen molar-refractivity contribution in [1.29, 1.82) is 0 Å². The van der Waals surface area contributed by atoms with E-state index < -0.39 is 0 Å². The first-order valence-electron chi connectivity index (χ1n) is 5.93. The van der Waals surface area contributed by atoms with Gasteiger partial charge < -0.3 is 0 Å². The molecular formula is C16H19. The average molecular weight is 211 g/mol. The summed E-state index contributed by atoms with van der Waals surface area (Å²) in [6.07, 6.45) is 10.0. The maximum absolute atomic E-state index is 2.34. The monoisotopic (exact) mass is 211 g/mol. The van der Waals surface area contributed by atoms with Crippen LogP contribution in [0.2, 0.25) is 0 Å². The van der Waals surface area contributed by atoms with Gasteiger partial charge in [-0.05, 0) is 54.9 Å². The molecule has 2 rings (SSSR count). The lowest BCUT2D eigenvalue weighted by molar-refractivity contribution is 0.858. The number of hydrogen-bond acceptors (Lipinski definition) is 0. The van der Waals surface area contributed by atoms with Gasteiger partial charge in [-0.25, -0.2) is 0 Å². The second kappa shape index (κ2) is 4.69. The molecule has 16 heavy (non-hydrogen) atoms. The quantitative estimate of drug-likeness (QED) is 0.688. The van der Waals surface area contributed by atoms with Crippen LogP contribution in [0.1, 0.15) is 23.6 Å². The van der Waals surface area contributed by atoms with Gasteiger partial charge in [0, 0.05) is 0 Å². The van der Waals surface area contributed by atoms with E-state index in [1.165, 1.54) is 22.3 Å². The molecule has 1 aliphatic carbocycles. The molecular weight excluding hydrogens is 192 g/mol. The Morgan fingerprint density at radius 1 is 1.12 bits per heavy atom. The predicted octanol–water partition coefficient (Wildman–Crippen LogP) is 4.18. The standard InChI is InChI=1S/C16H19/c1-12-5-4-6-15(9-12)11-16-8-7-13(2)14(3)10-16/h4-10,12H,11H2,1-3H3. The predicted molar refractivity (Wildman–Crippen MR) is 70.3 cm³/mol. The molecule has 0 N–H and O–H groups in total. The highest BCUT2D eigenvalue weighted by Crippen LogP contribution is 2.20. The van der Waals surface area contributed by atoms with Crippen molar-refractivity contribution in [3.63, 3.8) is 0 Å². The molecule has 0 heteroatoms. The summed E-state index contributed by atoms with van der Waals surface area (Å²) < 4.78 is 0. The van der Waals surface area contributed by atoms with Gasteiger partial charge in [-0.15, -0.1) is 0 Å². The van der Waals surface area contributed by atoms with E-state index in [9.17, 15) is 0 Å². The highest BCUT2D eigenvalue weighted by Gasteiger charge is 2.05. The Hall–Kier alpha value is -1.30. The Morgan fingerprint density at radius 2 is 1.94 bits per heavy atom. The molecule has 0 saturated carbocycles. The van der Waals surface area contributed by atoms with Crippen LogP contribution in [0.4, 0.5) is 0 Å². The van der Waals surface area contributed by atoms with Gasteiger partial charge >= 0.3 is 0 Å². The second-order valence-corrected chi connectivity index (χ2v) is 4.75. The molecule has 1 radical (unpaired) electrons. The Bertz CT molecular complexity index is 435. The summed E-state index contributed by atoms with van der Waals surface area (Å²) in [4.78, 5) is 0. The summed E-state index contributed by atoms with van der Waals surface area (Å²) >= 11 is 0. The molecule has 1 aliphatic rings. The first-order chi connectivity index (χ1) is 7.65. The molecule has 0 aromatic heterocycles. The van der Waals surface area contributed by atoms with Crippen molar-refractivity contribution in [3.8, 4) is 0 Å². The van der Waals surface area contributed by atoms with Gasteiger partial charge in [0.1, 0.15) is 0 Å². The van der Waals surface area contributed by atoms with Crippen LogP contribution < -0.4 is 0 Å². The van der Waals surface area contributed by atoms with Crippen molar-refractivity contribution in [2.45, 2.75) is 27.2 Å². The first kappa shape index (κ1) is 11.2. The highest BCUT2D eigenvalue weighted by atomic mass is 14.1. The number of benzene rings is 1. The van der Waals surface area contributed by atoms with Gasteiger partial charge in [0.25, 0.3) is 0 Å². The fourth-order valence-electron chi connectivity index (χ4n) is 2.07. The van der Waals surface area contributed by atoms with Gasteiger partial charge in [-0.1, -0.05) is 43.4 Å². The Balaban J connectivity index is 2.15. The fourth-order valence-corrected chi connectivity index (χ4v) is 2.07. The first-order valence-corrected chi connectivity index (χ1v) is 5.93. The molecule has 1 unspecified atom stereocenters. The summed E-state index contributed by atoms with van der Waals surface area (Å²) in [7, 11) is 0. The molecule has 0 saturated heterocycles. The maximum atomic E-state index is 2.34. The van der Waals surface area contributed by atoms with Crippen molar-refractivity contribution in [1.82, 2.24) is 0 Å². The number of hydrogen-bond donors (Lipinski definition) is 0. The van der Waals surface area contributed by atoms with Crippen molar-refractivity contribution < 1.29 is 0 Å². The summed E-state index contributed by atoms with van der Waals surface area (Å²) in [5.74, 6) is 0.576. The molecule has 0 amide bonds. The Morgan fingerprint density at radius 3 is 2.62 bits per heavy atom. The smallest absolute Gasteiger partial charge is 0.00288 e. The molecule has 0 spiro atoms. The van der Waals surface area contributed by atoms with E-state index in [1.54, 1.807) is 0 Å². The largest absolute Gasteiger partial charge is 0.0800 e. The Labute approximate surface area is 98.7 Å². The molecule has 1 aromatic rings. The zero-order valence-electron chi connectivity index (χ0n) is 10.3. The Kier molecular flexibility index (Phi) is 3.28. The number of aryl methyl sites for hydroxylation is 2. The third kappa shape index (κ3) is 2.63. The summed E-state index contributed by atoms with van der Waals surface area (Å²) in [6.45, 7) is 6.57. The van der Waals surface area contributed by atoms with Crippen LogP contribution in [0.5, 0.6) is 0 Å². The second-order valence-electron chi connectivity index (χ2n) is 4.75. The third-order valence-corrected chi connectivity index (χ3v) is 3.18. The van der Waals surface area contributed by atoms with Crippen LogP contribution in [0.3, 0.4) is 0 Å². The van der Waals surface area contributed by atoms with Crippen molar-refractivity contribution in [2.75, 3.05) is 0 Å². The fraction of sp³-hybridized carbons (Fsp3) is 0.312. The maximum Gasteiger partial charge on any atom is -0.00288 e. The lowest BCUT2D eigenvalue weighted by Gasteiger charge is -2.12. The lowest BCUT2D eigenvalue weighted by atomic mass is 9.93. The van der Waals surface area contributed by atoms with Crippen molar-refractivity contribution in [2.24, 2.45) is 5.92 Å². The summed E-state index contributed by atoms with van der Waals surface area (Å²) in [6, 6.07) is 6.75. The van der Waals surface area contributed by atoms with Crippen molar-refractivity contribution >= 4 is 0 Å². The summed E-state index contributed by atoms with van der Waals surface area (Å²) in [5.41, 5.74) is 5.60. The molecule has 0 bridgehead atoms. The van der Waals surface area contributed by atoms with Crippen molar-refractivity contribution in [3.05, 3.63) is 65.1 Å². The van der Waals surface area contributed by atoms with E-state index in [2.05, 4.69) is 63.6 Å². The minimum Gasteiger partial charge on any atom is -0.0800 e. The molecule has 0 heterocycles. The molecule has 0 aliphatic heterocycles. The van der Waals surface area contributed by atoms with Gasteiger partial charge in [0.2, 0.25) is 0 Å². The minimum atomic E-state index is 0.576. The molecule has 1 aromatic carbocycles. The average Bonchev–Trinajstić information content (AvgIpc) is 2.24. The highest BCUT2D eigenvalue weighted by molar-refractivity contribution is 5.37. The van der Waals surface area contributed by atoms with E-state index in [0.717, 1.165) is 6.42 Å². The van der Waals surface area contributed by atoms with E-state index >= 15 is 0 Å². The van der Waals surface area contributed by atoms with E-state index in [-0.39, 0.29) is 0 Å². The number of rotatable bonds is 2. The van der Waals surface area contributed by atoms with E-state index in [0.29, 0.717) is 5.92 Å².